The molecule has 34 heavy (non-hydrogen) atoms. The number of likely N-dealkylation sites (tertiary alicyclic amines) is 1. The first-order valence-electron chi connectivity index (χ1n) is 12.8. The Morgan fingerprint density at radius 3 is 2.35 bits per heavy atom. The van der Waals surface area contributed by atoms with Crippen molar-refractivity contribution in [3.63, 3.8) is 0 Å². The van der Waals surface area contributed by atoms with Crippen molar-refractivity contribution < 1.29 is 14.3 Å². The van der Waals surface area contributed by atoms with Crippen LogP contribution < -0.4 is 15.4 Å². The maximum absolute atomic E-state index is 13.4. The first-order valence-corrected chi connectivity index (χ1v) is 13.2. The number of unbranched alkanes of at least 4 members (excludes halogenated alkanes) is 1. The van der Waals surface area contributed by atoms with Gasteiger partial charge in [-0.2, -0.15) is 0 Å². The molecular weight excluding hydrogens is 450 g/mol. The van der Waals surface area contributed by atoms with E-state index in [1.165, 1.54) is 25.9 Å². The molecule has 2 bridgehead atoms. The number of hydrogen-bond donors (Lipinski definition) is 2. The number of allylic oxidation sites excluding steroid dienone is 2. The fraction of sp³-hybridized carbons (Fsp3) is 0.630. The van der Waals surface area contributed by atoms with Gasteiger partial charge in [-0.25, -0.2) is 0 Å². The predicted molar refractivity (Wildman–Crippen MR) is 133 cm³/mol. The molecule has 0 aromatic heterocycles. The molecule has 1 aliphatic heterocycles. The maximum Gasteiger partial charge on any atom is 0.224 e. The Kier molecular flexibility index (Phi) is 6.90. The minimum Gasteiger partial charge on any atom is -0.495 e. The third-order valence-corrected chi connectivity index (χ3v) is 8.82. The molecule has 0 radical (unpaired) electrons. The third-order valence-electron chi connectivity index (χ3n) is 8.53. The lowest BCUT2D eigenvalue weighted by Crippen LogP contribution is -2.44. The number of ether oxygens (including phenoxy) is 1. The molecule has 2 saturated carbocycles. The van der Waals surface area contributed by atoms with E-state index in [0.29, 0.717) is 23.9 Å². The minimum absolute atomic E-state index is 0.0238. The highest BCUT2D eigenvalue weighted by atomic mass is 35.5. The molecule has 3 aliphatic carbocycles. The Morgan fingerprint density at radius 2 is 1.74 bits per heavy atom. The van der Waals surface area contributed by atoms with Gasteiger partial charge in [0, 0.05) is 13.1 Å². The van der Waals surface area contributed by atoms with Crippen LogP contribution in [-0.4, -0.2) is 50.0 Å². The molecule has 2 amide bonds. The number of amides is 2. The summed E-state index contributed by atoms with van der Waals surface area (Å²) in [4.78, 5) is 29.2. The lowest BCUT2D eigenvalue weighted by molar-refractivity contribution is -0.135. The SMILES string of the molecule is COc1ccc(CNC(=O)[C@H]2[C@H](C(=O)NCCCCN3CCCC3)[C@H]3C=C[C@@H]2C32CC2)cc1Cl. The van der Waals surface area contributed by atoms with Crippen LogP contribution in [0, 0.1) is 29.1 Å². The van der Waals surface area contributed by atoms with Crippen molar-refractivity contribution >= 4 is 23.4 Å². The molecule has 5 rings (SSSR count). The number of carbonyl (C=O) groups excluding carboxylic acids is 2. The molecule has 1 aromatic rings. The van der Waals surface area contributed by atoms with Crippen LogP contribution in [-0.2, 0) is 16.1 Å². The first kappa shape index (κ1) is 23.7. The normalized spacial score (nSPS) is 28.4. The molecule has 3 fully saturated rings. The Balaban J connectivity index is 1.18. The van der Waals surface area contributed by atoms with Crippen molar-refractivity contribution in [2.45, 2.75) is 45.1 Å². The van der Waals surface area contributed by atoms with Gasteiger partial charge in [0.15, 0.2) is 0 Å². The van der Waals surface area contributed by atoms with E-state index in [-0.39, 0.29) is 40.9 Å². The largest absolute Gasteiger partial charge is 0.495 e. The summed E-state index contributed by atoms with van der Waals surface area (Å²) in [6.07, 6.45) is 11.4. The van der Waals surface area contributed by atoms with Gasteiger partial charge in [-0.3, -0.25) is 9.59 Å². The monoisotopic (exact) mass is 485 g/mol. The van der Waals surface area contributed by atoms with Gasteiger partial charge in [-0.05, 0) is 93.1 Å². The van der Waals surface area contributed by atoms with Crippen molar-refractivity contribution in [2.24, 2.45) is 29.1 Å². The Morgan fingerprint density at radius 1 is 1.06 bits per heavy atom. The summed E-state index contributed by atoms with van der Waals surface area (Å²) in [5.41, 5.74) is 1.06. The van der Waals surface area contributed by atoms with Gasteiger partial charge >= 0.3 is 0 Å². The van der Waals surface area contributed by atoms with Crippen LogP contribution >= 0.6 is 11.6 Å². The van der Waals surface area contributed by atoms with Gasteiger partial charge in [0.25, 0.3) is 0 Å². The Labute approximate surface area is 207 Å². The first-order chi connectivity index (χ1) is 16.5. The van der Waals surface area contributed by atoms with Crippen LogP contribution in [0.15, 0.2) is 30.4 Å². The van der Waals surface area contributed by atoms with Gasteiger partial charge in [0.05, 0.1) is 24.0 Å². The van der Waals surface area contributed by atoms with E-state index in [2.05, 4.69) is 27.7 Å². The molecule has 1 aromatic carbocycles. The number of carbonyl (C=O) groups is 2. The van der Waals surface area contributed by atoms with Gasteiger partial charge in [-0.15, -0.1) is 0 Å². The molecule has 184 valence electrons. The Hall–Kier alpha value is -2.05. The number of nitrogens with one attached hydrogen (secondary N) is 2. The number of methoxy groups -OCH3 is 1. The smallest absolute Gasteiger partial charge is 0.224 e. The second-order valence-corrected chi connectivity index (χ2v) is 10.9. The van der Waals surface area contributed by atoms with E-state index in [4.69, 9.17) is 16.3 Å². The summed E-state index contributed by atoms with van der Waals surface area (Å²) < 4.78 is 5.21. The highest BCUT2D eigenvalue weighted by Gasteiger charge is 2.69. The van der Waals surface area contributed by atoms with Crippen LogP contribution in [0.25, 0.3) is 0 Å². The van der Waals surface area contributed by atoms with Crippen molar-refractivity contribution in [3.8, 4) is 5.75 Å². The van der Waals surface area contributed by atoms with Gasteiger partial charge in [0.2, 0.25) is 11.8 Å². The quantitative estimate of drug-likeness (QED) is 0.391. The number of benzene rings is 1. The highest BCUT2D eigenvalue weighted by Crippen LogP contribution is 2.72. The van der Waals surface area contributed by atoms with E-state index >= 15 is 0 Å². The molecular formula is C27H36ClN3O3. The molecule has 1 heterocycles. The predicted octanol–water partition coefficient (Wildman–Crippen LogP) is 3.79. The number of halogens is 1. The summed E-state index contributed by atoms with van der Waals surface area (Å²) in [6, 6.07) is 5.53. The van der Waals surface area contributed by atoms with Crippen LogP contribution in [0.2, 0.25) is 5.02 Å². The highest BCUT2D eigenvalue weighted by molar-refractivity contribution is 6.32. The van der Waals surface area contributed by atoms with Gasteiger partial charge in [0.1, 0.15) is 5.75 Å². The van der Waals surface area contributed by atoms with Crippen LogP contribution in [0.3, 0.4) is 0 Å². The summed E-state index contributed by atoms with van der Waals surface area (Å²) >= 11 is 6.24. The lowest BCUT2D eigenvalue weighted by Gasteiger charge is -2.26. The molecule has 6 nitrogen and oxygen atoms in total. The number of hydrogen-bond acceptors (Lipinski definition) is 4. The summed E-state index contributed by atoms with van der Waals surface area (Å²) in [5.74, 6) is 0.437. The van der Waals surface area contributed by atoms with Crippen LogP contribution in [0.4, 0.5) is 0 Å². The lowest BCUT2D eigenvalue weighted by atomic mass is 9.81. The molecule has 0 unspecified atom stereocenters. The standard InChI is InChI=1S/C27H36ClN3O3/c1-34-22-9-6-18(16-21(22)28)17-30-26(33)24-20-8-7-19(27(20)10-11-27)23(24)25(32)29-12-2-3-13-31-14-4-5-15-31/h6-9,16,19-20,23-24H,2-5,10-15,17H2,1H3,(H,29,32)(H,30,33)/t19-,20+,23-,24-/m1/s1. The van der Waals surface area contributed by atoms with Crippen LogP contribution in [0.1, 0.15) is 44.1 Å². The molecule has 4 aliphatic rings. The second kappa shape index (κ2) is 9.90. The average Bonchev–Trinajstić information content (AvgIpc) is 3.19. The maximum atomic E-state index is 13.4. The van der Waals surface area contributed by atoms with Crippen molar-refractivity contribution in [2.75, 3.05) is 33.3 Å². The van der Waals surface area contributed by atoms with Gasteiger partial charge in [-0.1, -0.05) is 29.8 Å². The van der Waals surface area contributed by atoms with Crippen molar-refractivity contribution in [1.82, 2.24) is 15.5 Å². The number of rotatable bonds is 10. The zero-order valence-corrected chi connectivity index (χ0v) is 20.8. The molecule has 1 spiro atoms. The fourth-order valence-corrected chi connectivity index (χ4v) is 6.91. The molecule has 2 N–H and O–H groups in total. The van der Waals surface area contributed by atoms with E-state index in [1.807, 2.05) is 18.2 Å². The summed E-state index contributed by atoms with van der Waals surface area (Å²) in [7, 11) is 1.58. The van der Waals surface area contributed by atoms with E-state index < -0.39 is 0 Å². The molecule has 1 saturated heterocycles. The van der Waals surface area contributed by atoms with Crippen molar-refractivity contribution in [3.05, 3.63) is 40.9 Å². The van der Waals surface area contributed by atoms with E-state index in [1.54, 1.807) is 7.11 Å². The topological polar surface area (TPSA) is 70.7 Å². The average molecular weight is 486 g/mol. The fourth-order valence-electron chi connectivity index (χ4n) is 6.63. The van der Waals surface area contributed by atoms with E-state index in [0.717, 1.165) is 37.8 Å². The molecule has 4 atom stereocenters. The Bertz CT molecular complexity index is 954. The third kappa shape index (κ3) is 4.47. The second-order valence-electron chi connectivity index (χ2n) is 10.5. The zero-order chi connectivity index (χ0) is 23.7. The minimum atomic E-state index is -0.296. The van der Waals surface area contributed by atoms with E-state index in [9.17, 15) is 9.59 Å². The summed E-state index contributed by atoms with van der Waals surface area (Å²) in [5, 5.41) is 6.79. The van der Waals surface area contributed by atoms with Gasteiger partial charge < -0.3 is 20.3 Å². The zero-order valence-electron chi connectivity index (χ0n) is 20.0. The van der Waals surface area contributed by atoms with Crippen molar-refractivity contribution in [1.29, 1.82) is 0 Å². The summed E-state index contributed by atoms with van der Waals surface area (Å²) in [6.45, 7) is 4.63. The van der Waals surface area contributed by atoms with Crippen LogP contribution in [0.5, 0.6) is 5.75 Å². The number of nitrogens with zero attached hydrogens (tertiary/aromatic N) is 1. The molecule has 7 heteroatoms.